The van der Waals surface area contributed by atoms with Crippen LogP contribution < -0.4 is 5.32 Å². The Hall–Kier alpha value is -1.42. The lowest BCUT2D eigenvalue weighted by atomic mass is 10.3. The molecule has 0 aliphatic carbocycles. The largest absolute Gasteiger partial charge is 0.341 e. The van der Waals surface area contributed by atoms with Gasteiger partial charge in [-0.1, -0.05) is 0 Å². The average Bonchev–Trinajstić information content (AvgIpc) is 2.56. The third kappa shape index (κ3) is 1.04. The van der Waals surface area contributed by atoms with Crippen molar-refractivity contribution in [3.05, 3.63) is 29.8 Å². The zero-order valence-corrected chi connectivity index (χ0v) is 7.63. The van der Waals surface area contributed by atoms with Crippen molar-refractivity contribution in [2.75, 3.05) is 6.54 Å². The minimum atomic E-state index is -0.267. The van der Waals surface area contributed by atoms with E-state index in [1.807, 2.05) is 6.07 Å². The number of pyridine rings is 1. The average molecular weight is 191 g/mol. The van der Waals surface area contributed by atoms with Gasteiger partial charge >= 0.3 is 0 Å². The summed E-state index contributed by atoms with van der Waals surface area (Å²) in [6.45, 7) is 2.68. The van der Waals surface area contributed by atoms with Gasteiger partial charge in [0.15, 0.2) is 0 Å². The summed E-state index contributed by atoms with van der Waals surface area (Å²) in [4.78, 5) is 4.06. The Kier molecular flexibility index (Phi) is 1.58. The van der Waals surface area contributed by atoms with Crippen molar-refractivity contribution in [1.82, 2.24) is 14.9 Å². The zero-order valence-electron chi connectivity index (χ0n) is 7.63. The molecule has 2 aromatic heterocycles. The molecule has 0 saturated heterocycles. The Labute approximate surface area is 80.6 Å². The molecule has 1 aliphatic heterocycles. The number of hydrogen-bond donors (Lipinski definition) is 1. The molecule has 1 aliphatic rings. The molecule has 1 N–H and O–H groups in total. The second-order valence-electron chi connectivity index (χ2n) is 3.52. The van der Waals surface area contributed by atoms with Crippen molar-refractivity contribution < 1.29 is 4.39 Å². The summed E-state index contributed by atoms with van der Waals surface area (Å²) in [6, 6.07) is 3.57. The van der Waals surface area contributed by atoms with Gasteiger partial charge in [0.05, 0.1) is 17.2 Å². The van der Waals surface area contributed by atoms with E-state index in [-0.39, 0.29) is 5.82 Å². The van der Waals surface area contributed by atoms with Crippen molar-refractivity contribution in [1.29, 1.82) is 0 Å². The van der Waals surface area contributed by atoms with Crippen LogP contribution in [0.3, 0.4) is 0 Å². The van der Waals surface area contributed by atoms with Crippen molar-refractivity contribution in [3.8, 4) is 0 Å². The molecule has 3 heterocycles. The molecule has 3 nitrogen and oxygen atoms in total. The van der Waals surface area contributed by atoms with Crippen LogP contribution in [0.1, 0.15) is 5.69 Å². The fourth-order valence-corrected chi connectivity index (χ4v) is 1.97. The van der Waals surface area contributed by atoms with Crippen LogP contribution in [-0.2, 0) is 13.1 Å². The Morgan fingerprint density at radius 3 is 3.29 bits per heavy atom. The molecule has 0 atom stereocenters. The summed E-state index contributed by atoms with van der Waals surface area (Å²) >= 11 is 0. The van der Waals surface area contributed by atoms with Gasteiger partial charge in [-0.25, -0.2) is 4.39 Å². The second kappa shape index (κ2) is 2.78. The topological polar surface area (TPSA) is 29.9 Å². The highest BCUT2D eigenvalue weighted by Gasteiger charge is 2.13. The van der Waals surface area contributed by atoms with E-state index in [4.69, 9.17) is 0 Å². The molecule has 4 heteroatoms. The molecule has 72 valence electrons. The quantitative estimate of drug-likeness (QED) is 0.679. The van der Waals surface area contributed by atoms with E-state index < -0.39 is 0 Å². The highest BCUT2D eigenvalue weighted by atomic mass is 19.1. The van der Waals surface area contributed by atoms with Crippen LogP contribution >= 0.6 is 0 Å². The van der Waals surface area contributed by atoms with Crippen LogP contribution in [0.25, 0.3) is 11.0 Å². The number of halogens is 1. The minimum Gasteiger partial charge on any atom is -0.341 e. The fourth-order valence-electron chi connectivity index (χ4n) is 1.97. The monoisotopic (exact) mass is 191 g/mol. The first kappa shape index (κ1) is 7.94. The van der Waals surface area contributed by atoms with Crippen molar-refractivity contribution >= 4 is 11.0 Å². The van der Waals surface area contributed by atoms with Gasteiger partial charge in [-0.3, -0.25) is 4.98 Å². The van der Waals surface area contributed by atoms with Crippen molar-refractivity contribution in [2.24, 2.45) is 0 Å². The molecule has 0 saturated carbocycles. The van der Waals surface area contributed by atoms with Crippen molar-refractivity contribution in [3.63, 3.8) is 0 Å². The predicted octanol–water partition coefficient (Wildman–Crippen LogP) is 1.28. The number of aromatic nitrogens is 2. The van der Waals surface area contributed by atoms with E-state index in [0.29, 0.717) is 0 Å². The van der Waals surface area contributed by atoms with E-state index >= 15 is 0 Å². The summed E-state index contributed by atoms with van der Waals surface area (Å²) in [5.74, 6) is -0.267. The highest BCUT2D eigenvalue weighted by Crippen LogP contribution is 2.20. The van der Waals surface area contributed by atoms with E-state index in [1.165, 1.54) is 11.9 Å². The maximum atomic E-state index is 13.0. The highest BCUT2D eigenvalue weighted by molar-refractivity contribution is 5.77. The molecule has 3 rings (SSSR count). The molecule has 0 fully saturated rings. The molecule has 0 amide bonds. The van der Waals surface area contributed by atoms with Crippen LogP contribution in [0, 0.1) is 5.82 Å². The predicted molar refractivity (Wildman–Crippen MR) is 51.4 cm³/mol. The van der Waals surface area contributed by atoms with Gasteiger partial charge in [-0.05, 0) is 6.07 Å². The van der Waals surface area contributed by atoms with Gasteiger partial charge in [-0.15, -0.1) is 0 Å². The molecule has 14 heavy (non-hydrogen) atoms. The fraction of sp³-hybridized carbons (Fsp3) is 0.300. The Bertz CT molecular complexity index is 489. The van der Waals surface area contributed by atoms with Gasteiger partial charge in [0.25, 0.3) is 0 Å². The standard InChI is InChI=1S/C10H10FN3/c11-7-3-10-9(13-5-7)4-8-6-12-1-2-14(8)10/h3-5,12H,1-2,6H2. The second-order valence-corrected chi connectivity index (χ2v) is 3.52. The summed E-state index contributed by atoms with van der Waals surface area (Å²) in [5.41, 5.74) is 2.97. The van der Waals surface area contributed by atoms with Crippen LogP contribution in [0.4, 0.5) is 4.39 Å². The van der Waals surface area contributed by atoms with E-state index in [9.17, 15) is 4.39 Å². The van der Waals surface area contributed by atoms with Gasteiger partial charge in [0.2, 0.25) is 0 Å². The van der Waals surface area contributed by atoms with Crippen LogP contribution in [0.15, 0.2) is 18.3 Å². The Morgan fingerprint density at radius 2 is 2.36 bits per heavy atom. The molecule has 0 radical (unpaired) electrons. The molecular weight excluding hydrogens is 181 g/mol. The first-order valence-electron chi connectivity index (χ1n) is 4.69. The maximum absolute atomic E-state index is 13.0. The molecule has 2 aromatic rings. The Balaban J connectivity index is 2.32. The van der Waals surface area contributed by atoms with E-state index in [0.717, 1.165) is 30.7 Å². The number of nitrogens with one attached hydrogen (secondary N) is 1. The number of fused-ring (bicyclic) bond motifs is 3. The van der Waals surface area contributed by atoms with E-state index in [2.05, 4.69) is 14.9 Å². The first-order valence-corrected chi connectivity index (χ1v) is 4.69. The molecule has 0 aromatic carbocycles. The molecular formula is C10H10FN3. The lowest BCUT2D eigenvalue weighted by Crippen LogP contribution is -2.27. The summed E-state index contributed by atoms with van der Waals surface area (Å²) in [5, 5.41) is 3.27. The van der Waals surface area contributed by atoms with Crippen LogP contribution in [-0.4, -0.2) is 16.1 Å². The third-order valence-electron chi connectivity index (χ3n) is 2.62. The van der Waals surface area contributed by atoms with Crippen LogP contribution in [0.5, 0.6) is 0 Å². The lowest BCUT2D eigenvalue weighted by Gasteiger charge is -2.16. The first-order chi connectivity index (χ1) is 6.84. The zero-order chi connectivity index (χ0) is 9.54. The number of rotatable bonds is 0. The van der Waals surface area contributed by atoms with E-state index in [1.54, 1.807) is 6.07 Å². The summed E-state index contributed by atoms with van der Waals surface area (Å²) < 4.78 is 15.1. The van der Waals surface area contributed by atoms with Crippen molar-refractivity contribution in [2.45, 2.75) is 13.1 Å². The summed E-state index contributed by atoms with van der Waals surface area (Å²) in [6.07, 6.45) is 1.27. The minimum absolute atomic E-state index is 0.267. The SMILES string of the molecule is Fc1cnc2cc3n(c2c1)CCNC3. The van der Waals surface area contributed by atoms with Gasteiger partial charge in [0.1, 0.15) is 5.82 Å². The third-order valence-corrected chi connectivity index (χ3v) is 2.62. The lowest BCUT2D eigenvalue weighted by molar-refractivity contribution is 0.526. The molecule has 0 spiro atoms. The van der Waals surface area contributed by atoms with Crippen LogP contribution in [0.2, 0.25) is 0 Å². The number of nitrogens with zero attached hydrogens (tertiary/aromatic N) is 2. The molecule has 0 unspecified atom stereocenters. The van der Waals surface area contributed by atoms with Gasteiger partial charge < -0.3 is 9.88 Å². The molecule has 0 bridgehead atoms. The normalized spacial score (nSPS) is 15.8. The smallest absolute Gasteiger partial charge is 0.143 e. The number of hydrogen-bond acceptors (Lipinski definition) is 2. The Morgan fingerprint density at radius 1 is 1.43 bits per heavy atom. The van der Waals surface area contributed by atoms with Gasteiger partial charge in [0, 0.05) is 31.4 Å². The van der Waals surface area contributed by atoms with Gasteiger partial charge in [-0.2, -0.15) is 0 Å². The summed E-state index contributed by atoms with van der Waals surface area (Å²) in [7, 11) is 0. The maximum Gasteiger partial charge on any atom is 0.143 e.